The molecule has 12 heavy (non-hydrogen) atoms. The summed E-state index contributed by atoms with van der Waals surface area (Å²) >= 11 is 16.5. The van der Waals surface area contributed by atoms with Gasteiger partial charge < -0.3 is 4.74 Å². The fraction of sp³-hybridized carbons (Fsp3) is 0.857. The molecule has 0 aromatic rings. The van der Waals surface area contributed by atoms with E-state index in [-0.39, 0.29) is 5.88 Å². The Morgan fingerprint density at radius 2 is 2.08 bits per heavy atom. The molecule has 0 aliphatic heterocycles. The van der Waals surface area contributed by atoms with Crippen LogP contribution in [0.4, 0.5) is 0 Å². The van der Waals surface area contributed by atoms with Crippen LogP contribution in [0.1, 0.15) is 26.2 Å². The zero-order valence-corrected chi connectivity index (χ0v) is 9.05. The lowest BCUT2D eigenvalue weighted by atomic mass is 10.3. The topological polar surface area (TPSA) is 26.3 Å². The van der Waals surface area contributed by atoms with Crippen LogP contribution in [0.5, 0.6) is 0 Å². The van der Waals surface area contributed by atoms with Crippen molar-refractivity contribution in [3.05, 3.63) is 0 Å². The lowest BCUT2D eigenvalue weighted by Gasteiger charge is -2.18. The van der Waals surface area contributed by atoms with Gasteiger partial charge in [-0.15, -0.1) is 11.6 Å². The van der Waals surface area contributed by atoms with Gasteiger partial charge in [-0.2, -0.15) is 0 Å². The van der Waals surface area contributed by atoms with Gasteiger partial charge in [-0.1, -0.05) is 36.5 Å². The van der Waals surface area contributed by atoms with Crippen molar-refractivity contribution in [1.29, 1.82) is 0 Å². The Hall–Kier alpha value is 0.340. The first-order valence-electron chi connectivity index (χ1n) is 3.67. The monoisotopic (exact) mass is 232 g/mol. The molecule has 0 unspecified atom stereocenters. The summed E-state index contributed by atoms with van der Waals surface area (Å²) in [4.78, 5) is 10.7. The van der Waals surface area contributed by atoms with Crippen LogP contribution >= 0.6 is 34.8 Å². The van der Waals surface area contributed by atoms with E-state index in [0.29, 0.717) is 6.42 Å². The summed E-state index contributed by atoms with van der Waals surface area (Å²) in [6.45, 7) is 1.99. The highest BCUT2D eigenvalue weighted by molar-refractivity contribution is 6.47. The number of carbonyl (C=O) groups excluding carboxylic acids is 1. The van der Waals surface area contributed by atoms with Gasteiger partial charge in [0.15, 0.2) is 0 Å². The first-order chi connectivity index (χ1) is 5.52. The van der Waals surface area contributed by atoms with Gasteiger partial charge in [0.05, 0.1) is 0 Å². The fourth-order valence-electron chi connectivity index (χ4n) is 0.627. The van der Waals surface area contributed by atoms with E-state index in [1.54, 1.807) is 0 Å². The summed E-state index contributed by atoms with van der Waals surface area (Å²) in [5, 5.41) is 0. The van der Waals surface area contributed by atoms with Crippen LogP contribution in [0.2, 0.25) is 0 Å². The fourth-order valence-corrected chi connectivity index (χ4v) is 1.12. The summed E-state index contributed by atoms with van der Waals surface area (Å²) in [6.07, 6.45) is 2.18. The predicted octanol–water partition coefficient (Wildman–Crippen LogP) is 3.09. The van der Waals surface area contributed by atoms with Gasteiger partial charge in [-0.25, -0.2) is 0 Å². The Kier molecular flexibility index (Phi) is 6.06. The maximum atomic E-state index is 10.7. The molecule has 0 fully saturated rings. The van der Waals surface area contributed by atoms with E-state index in [9.17, 15) is 4.79 Å². The van der Waals surface area contributed by atoms with E-state index < -0.39 is 10.5 Å². The maximum absolute atomic E-state index is 10.7. The Bertz CT molecular complexity index is 148. The first kappa shape index (κ1) is 12.3. The normalized spacial score (nSPS) is 11.3. The van der Waals surface area contributed by atoms with Gasteiger partial charge in [-0.3, -0.25) is 4.79 Å². The third-order valence-corrected chi connectivity index (χ3v) is 1.94. The molecule has 0 bridgehead atoms. The number of unbranched alkanes of at least 4 members (excludes halogenated alkanes) is 1. The minimum Gasteiger partial charge on any atom is -0.428 e. The minimum atomic E-state index is -1.41. The number of halogens is 3. The molecule has 2 nitrogen and oxygen atoms in total. The smallest absolute Gasteiger partial charge is 0.323 e. The highest BCUT2D eigenvalue weighted by Gasteiger charge is 2.27. The lowest BCUT2D eigenvalue weighted by molar-refractivity contribution is -0.144. The van der Waals surface area contributed by atoms with Crippen LogP contribution in [-0.4, -0.2) is 16.4 Å². The summed E-state index contributed by atoms with van der Waals surface area (Å²) < 4.78 is 3.23. The van der Waals surface area contributed by atoms with E-state index in [2.05, 4.69) is 4.74 Å². The summed E-state index contributed by atoms with van der Waals surface area (Å²) in [6, 6.07) is 0. The van der Waals surface area contributed by atoms with Crippen molar-refractivity contribution in [2.75, 3.05) is 5.88 Å². The van der Waals surface area contributed by atoms with E-state index >= 15 is 0 Å². The standard InChI is InChI=1S/C7H11Cl3O2/c1-2-3-4-7(9,10)12-6(11)5-8/h2-5H2,1H3. The van der Waals surface area contributed by atoms with Gasteiger partial charge in [0, 0.05) is 6.42 Å². The molecule has 0 rings (SSSR count). The molecule has 0 saturated heterocycles. The van der Waals surface area contributed by atoms with Crippen molar-refractivity contribution in [2.24, 2.45) is 0 Å². The quantitative estimate of drug-likeness (QED) is 0.539. The van der Waals surface area contributed by atoms with Crippen LogP contribution in [0, 0.1) is 0 Å². The van der Waals surface area contributed by atoms with Gasteiger partial charge in [0.1, 0.15) is 5.88 Å². The minimum absolute atomic E-state index is 0.229. The van der Waals surface area contributed by atoms with Crippen LogP contribution < -0.4 is 0 Å². The second-order valence-corrected chi connectivity index (χ2v) is 4.03. The van der Waals surface area contributed by atoms with E-state index in [1.165, 1.54) is 0 Å². The molecule has 0 saturated carbocycles. The second kappa shape index (κ2) is 5.90. The number of esters is 1. The lowest BCUT2D eigenvalue weighted by Crippen LogP contribution is -2.23. The van der Waals surface area contributed by atoms with Crippen LogP contribution in [0.3, 0.4) is 0 Å². The number of alkyl halides is 3. The Labute approximate surface area is 87.1 Å². The van der Waals surface area contributed by atoms with Crippen LogP contribution in [-0.2, 0) is 9.53 Å². The SMILES string of the molecule is CCCCC(Cl)(Cl)OC(=O)CCl. The van der Waals surface area contributed by atoms with Crippen molar-refractivity contribution in [2.45, 2.75) is 30.7 Å². The maximum Gasteiger partial charge on any atom is 0.323 e. The molecule has 0 N–H and O–H groups in total. The molecule has 72 valence electrons. The van der Waals surface area contributed by atoms with Crippen LogP contribution in [0.15, 0.2) is 0 Å². The van der Waals surface area contributed by atoms with Crippen molar-refractivity contribution in [3.8, 4) is 0 Å². The summed E-state index contributed by atoms with van der Waals surface area (Å²) in [5.74, 6) is -0.828. The van der Waals surface area contributed by atoms with E-state index in [1.807, 2.05) is 6.92 Å². The largest absolute Gasteiger partial charge is 0.428 e. The van der Waals surface area contributed by atoms with Crippen molar-refractivity contribution >= 4 is 40.8 Å². The zero-order valence-electron chi connectivity index (χ0n) is 6.78. The number of ether oxygens (including phenoxy) is 1. The van der Waals surface area contributed by atoms with Gasteiger partial charge in [-0.05, 0) is 6.42 Å². The number of hydrogen-bond donors (Lipinski definition) is 0. The highest BCUT2D eigenvalue weighted by atomic mass is 35.5. The summed E-state index contributed by atoms with van der Waals surface area (Å²) in [5.41, 5.74) is 0. The van der Waals surface area contributed by atoms with E-state index in [4.69, 9.17) is 34.8 Å². The van der Waals surface area contributed by atoms with Gasteiger partial charge >= 0.3 is 5.97 Å². The zero-order chi connectivity index (χ0) is 9.61. The molecular weight excluding hydrogens is 222 g/mol. The Morgan fingerprint density at radius 1 is 1.50 bits per heavy atom. The first-order valence-corrected chi connectivity index (χ1v) is 4.96. The number of rotatable bonds is 5. The Balaban J connectivity index is 3.77. The third kappa shape index (κ3) is 5.92. The molecule has 0 spiro atoms. The average molecular weight is 234 g/mol. The van der Waals surface area contributed by atoms with Gasteiger partial charge in [0.25, 0.3) is 4.52 Å². The van der Waals surface area contributed by atoms with Crippen LogP contribution in [0.25, 0.3) is 0 Å². The van der Waals surface area contributed by atoms with E-state index in [0.717, 1.165) is 12.8 Å². The molecule has 0 aromatic carbocycles. The average Bonchev–Trinajstić information content (AvgIpc) is 2.00. The number of carbonyl (C=O) groups is 1. The van der Waals surface area contributed by atoms with Crippen molar-refractivity contribution in [3.63, 3.8) is 0 Å². The molecular formula is C7H11Cl3O2. The molecule has 0 heterocycles. The van der Waals surface area contributed by atoms with Crippen molar-refractivity contribution < 1.29 is 9.53 Å². The molecule has 0 aromatic heterocycles. The molecule has 0 radical (unpaired) electrons. The molecule has 0 amide bonds. The summed E-state index contributed by atoms with van der Waals surface area (Å²) in [7, 11) is 0. The molecule has 0 aliphatic carbocycles. The third-order valence-electron chi connectivity index (χ3n) is 1.19. The highest BCUT2D eigenvalue weighted by Crippen LogP contribution is 2.29. The molecule has 0 aliphatic rings. The second-order valence-electron chi connectivity index (χ2n) is 2.35. The van der Waals surface area contributed by atoms with Gasteiger partial charge in [0.2, 0.25) is 0 Å². The molecule has 5 heteroatoms. The number of hydrogen-bond acceptors (Lipinski definition) is 2. The predicted molar refractivity (Wildman–Crippen MR) is 50.8 cm³/mol. The van der Waals surface area contributed by atoms with Crippen molar-refractivity contribution in [1.82, 2.24) is 0 Å². The molecule has 0 atom stereocenters. The Morgan fingerprint density at radius 3 is 2.50 bits per heavy atom.